The molecule has 0 spiro atoms. The van der Waals surface area contributed by atoms with Gasteiger partial charge in [-0.15, -0.1) is 0 Å². The normalized spacial score (nSPS) is 18.0. The van der Waals surface area contributed by atoms with Gasteiger partial charge in [-0.25, -0.2) is 0 Å². The number of benzene rings is 2. The lowest BCUT2D eigenvalue weighted by molar-refractivity contribution is -0.146. The number of esters is 1. The summed E-state index contributed by atoms with van der Waals surface area (Å²) in [6, 6.07) is 9.66. The van der Waals surface area contributed by atoms with Crippen molar-refractivity contribution in [1.29, 1.82) is 0 Å². The highest BCUT2D eigenvalue weighted by Crippen LogP contribution is 2.50. The fourth-order valence-electron chi connectivity index (χ4n) is 3.91. The van der Waals surface area contributed by atoms with E-state index in [0.717, 1.165) is 22.4 Å². The molecule has 1 heterocycles. The van der Waals surface area contributed by atoms with Gasteiger partial charge < -0.3 is 28.4 Å². The van der Waals surface area contributed by atoms with Crippen molar-refractivity contribution in [3.05, 3.63) is 47.0 Å². The second-order valence-electron chi connectivity index (χ2n) is 7.43. The average Bonchev–Trinajstić information content (AvgIpc) is 3.10. The van der Waals surface area contributed by atoms with E-state index in [-0.39, 0.29) is 24.8 Å². The molecule has 168 valence electrons. The van der Waals surface area contributed by atoms with E-state index in [1.54, 1.807) is 21.3 Å². The lowest BCUT2D eigenvalue weighted by Gasteiger charge is -2.20. The summed E-state index contributed by atoms with van der Waals surface area (Å²) >= 11 is 0. The van der Waals surface area contributed by atoms with Crippen LogP contribution in [0.3, 0.4) is 0 Å². The number of rotatable bonds is 9. The van der Waals surface area contributed by atoms with Gasteiger partial charge in [-0.05, 0) is 30.2 Å². The van der Waals surface area contributed by atoms with E-state index in [9.17, 15) is 4.79 Å². The summed E-state index contributed by atoms with van der Waals surface area (Å²) in [6.45, 7) is 5.56. The number of fused-ring (bicyclic) bond motifs is 1. The number of ether oxygens (including phenoxy) is 6. The summed E-state index contributed by atoms with van der Waals surface area (Å²) in [7, 11) is 4.78. The summed E-state index contributed by atoms with van der Waals surface area (Å²) in [5, 5.41) is 0. The van der Waals surface area contributed by atoms with E-state index < -0.39 is 6.10 Å². The van der Waals surface area contributed by atoms with Crippen LogP contribution in [0.1, 0.15) is 62.0 Å². The van der Waals surface area contributed by atoms with Crippen LogP contribution in [-0.4, -0.2) is 34.1 Å². The third-order valence-electron chi connectivity index (χ3n) is 5.44. The van der Waals surface area contributed by atoms with Crippen molar-refractivity contribution in [1.82, 2.24) is 0 Å². The Balaban J connectivity index is 1.99. The van der Waals surface area contributed by atoms with E-state index >= 15 is 0 Å². The van der Waals surface area contributed by atoms with E-state index in [1.165, 1.54) is 6.92 Å². The van der Waals surface area contributed by atoms with Gasteiger partial charge in [-0.1, -0.05) is 19.9 Å². The van der Waals surface area contributed by atoms with Crippen LogP contribution in [0.25, 0.3) is 0 Å². The molecule has 2 aromatic carbocycles. The molecule has 0 bridgehead atoms. The summed E-state index contributed by atoms with van der Waals surface area (Å²) < 4.78 is 33.5. The van der Waals surface area contributed by atoms with Gasteiger partial charge in [0.15, 0.2) is 18.3 Å². The Bertz CT molecular complexity index is 924. The van der Waals surface area contributed by atoms with Crippen LogP contribution in [0.4, 0.5) is 0 Å². The molecule has 0 fully saturated rings. The lowest BCUT2D eigenvalue weighted by Crippen LogP contribution is -2.11. The molecule has 0 amide bonds. The Labute approximate surface area is 183 Å². The van der Waals surface area contributed by atoms with Gasteiger partial charge in [0.1, 0.15) is 23.7 Å². The molecule has 7 nitrogen and oxygen atoms in total. The Morgan fingerprint density at radius 1 is 1.06 bits per heavy atom. The van der Waals surface area contributed by atoms with Gasteiger partial charge in [0.2, 0.25) is 0 Å². The van der Waals surface area contributed by atoms with Crippen LogP contribution in [0.15, 0.2) is 30.3 Å². The van der Waals surface area contributed by atoms with Crippen molar-refractivity contribution in [2.75, 3.05) is 28.1 Å². The van der Waals surface area contributed by atoms with E-state index in [2.05, 4.69) is 6.92 Å². The van der Waals surface area contributed by atoms with E-state index in [4.69, 9.17) is 28.4 Å². The first-order valence-corrected chi connectivity index (χ1v) is 10.3. The number of carbonyl (C=O) groups is 1. The molecule has 0 N–H and O–H groups in total. The van der Waals surface area contributed by atoms with Crippen molar-refractivity contribution in [3.63, 3.8) is 0 Å². The van der Waals surface area contributed by atoms with Crippen LogP contribution in [0, 0.1) is 0 Å². The maximum absolute atomic E-state index is 11.6. The molecule has 2 aromatic rings. The summed E-state index contributed by atoms with van der Waals surface area (Å²) in [4.78, 5) is 11.6. The largest absolute Gasteiger partial charge is 0.493 e. The zero-order valence-electron chi connectivity index (χ0n) is 18.9. The van der Waals surface area contributed by atoms with Gasteiger partial charge in [0.05, 0.1) is 14.2 Å². The first-order valence-electron chi connectivity index (χ1n) is 10.3. The van der Waals surface area contributed by atoms with Crippen LogP contribution in [0.5, 0.6) is 23.0 Å². The first-order chi connectivity index (χ1) is 14.9. The standard InChI is InChI=1S/C24H30O7/c1-7-19(30-15(3)25)18-11-17-14(2)24(31-22(17)12-21(18)29-13-26-4)16-8-9-20(27-5)23(10-16)28-6/h8-12,14,19,24H,7,13H2,1-6H3/t14-,19?,24-/m0/s1. The zero-order valence-corrected chi connectivity index (χ0v) is 18.9. The minimum Gasteiger partial charge on any atom is -0.493 e. The Kier molecular flexibility index (Phi) is 7.28. The van der Waals surface area contributed by atoms with Gasteiger partial charge in [0, 0.05) is 37.1 Å². The van der Waals surface area contributed by atoms with E-state index in [0.29, 0.717) is 23.7 Å². The third kappa shape index (κ3) is 4.71. The number of hydrogen-bond acceptors (Lipinski definition) is 7. The molecule has 0 aliphatic carbocycles. The fourth-order valence-corrected chi connectivity index (χ4v) is 3.91. The highest BCUT2D eigenvalue weighted by Gasteiger charge is 2.35. The quantitative estimate of drug-likeness (QED) is 0.412. The van der Waals surface area contributed by atoms with Crippen LogP contribution >= 0.6 is 0 Å². The molecule has 1 aliphatic rings. The highest BCUT2D eigenvalue weighted by molar-refractivity contribution is 5.66. The topological polar surface area (TPSA) is 72.5 Å². The SMILES string of the molecule is CCC(OC(C)=O)c1cc2c(cc1OCOC)O[C@H](c1ccc(OC)c(OC)c1)[C@H]2C. The minimum absolute atomic E-state index is 0.0677. The number of hydrogen-bond donors (Lipinski definition) is 0. The highest BCUT2D eigenvalue weighted by atomic mass is 16.7. The number of methoxy groups -OCH3 is 3. The molecular weight excluding hydrogens is 400 g/mol. The Morgan fingerprint density at radius 3 is 2.42 bits per heavy atom. The van der Waals surface area contributed by atoms with Crippen LogP contribution in [0.2, 0.25) is 0 Å². The summed E-state index contributed by atoms with van der Waals surface area (Å²) in [5.74, 6) is 2.36. The second kappa shape index (κ2) is 9.92. The van der Waals surface area contributed by atoms with Gasteiger partial charge in [-0.2, -0.15) is 0 Å². The molecule has 1 aliphatic heterocycles. The Morgan fingerprint density at radius 2 is 1.81 bits per heavy atom. The molecule has 0 radical (unpaired) electrons. The maximum atomic E-state index is 11.6. The molecule has 31 heavy (non-hydrogen) atoms. The fraction of sp³-hybridized carbons (Fsp3) is 0.458. The minimum atomic E-state index is -0.415. The predicted molar refractivity (Wildman–Crippen MR) is 115 cm³/mol. The van der Waals surface area contributed by atoms with Crippen LogP contribution < -0.4 is 18.9 Å². The molecule has 1 unspecified atom stereocenters. The monoisotopic (exact) mass is 430 g/mol. The van der Waals surface area contributed by atoms with Crippen LogP contribution in [-0.2, 0) is 14.3 Å². The molecular formula is C24H30O7. The smallest absolute Gasteiger partial charge is 0.303 e. The van der Waals surface area contributed by atoms with Gasteiger partial charge >= 0.3 is 5.97 Å². The molecule has 0 aromatic heterocycles. The second-order valence-corrected chi connectivity index (χ2v) is 7.43. The van der Waals surface area contributed by atoms with Crippen molar-refractivity contribution in [2.24, 2.45) is 0 Å². The average molecular weight is 430 g/mol. The maximum Gasteiger partial charge on any atom is 0.303 e. The molecule has 0 saturated heterocycles. The Hall–Kier alpha value is -2.93. The lowest BCUT2D eigenvalue weighted by atomic mass is 9.90. The van der Waals surface area contributed by atoms with Crippen molar-refractivity contribution in [2.45, 2.75) is 45.3 Å². The van der Waals surface area contributed by atoms with Crippen molar-refractivity contribution >= 4 is 5.97 Å². The molecule has 3 rings (SSSR count). The summed E-state index contributed by atoms with van der Waals surface area (Å²) in [5.41, 5.74) is 2.82. The van der Waals surface area contributed by atoms with E-state index in [1.807, 2.05) is 37.3 Å². The molecule has 0 saturated carbocycles. The van der Waals surface area contributed by atoms with Crippen molar-refractivity contribution in [3.8, 4) is 23.0 Å². The molecule has 3 atom stereocenters. The number of carbonyl (C=O) groups excluding carboxylic acids is 1. The van der Waals surface area contributed by atoms with Gasteiger partial charge in [0.25, 0.3) is 0 Å². The zero-order chi connectivity index (χ0) is 22.5. The first kappa shape index (κ1) is 22.7. The summed E-state index contributed by atoms with van der Waals surface area (Å²) in [6.07, 6.45) is 0.00638. The molecule has 7 heteroatoms. The predicted octanol–water partition coefficient (Wildman–Crippen LogP) is 4.94. The van der Waals surface area contributed by atoms with Crippen molar-refractivity contribution < 1.29 is 33.2 Å². The third-order valence-corrected chi connectivity index (χ3v) is 5.44. The van der Waals surface area contributed by atoms with Gasteiger partial charge in [-0.3, -0.25) is 4.79 Å².